The van der Waals surface area contributed by atoms with Crippen molar-refractivity contribution in [3.8, 4) is 0 Å². The molecular weight excluding hydrogens is 268 g/mol. The van der Waals surface area contributed by atoms with Crippen LogP contribution < -0.4 is 4.72 Å². The number of aliphatic hydroxyl groups is 1. The second-order valence-electron chi connectivity index (χ2n) is 5.85. The Balaban J connectivity index is 1.93. The van der Waals surface area contributed by atoms with Crippen LogP contribution in [-0.4, -0.2) is 57.8 Å². The maximum absolute atomic E-state index is 11.7. The second kappa shape index (κ2) is 5.65. The topological polar surface area (TPSA) is 78.9 Å². The zero-order valence-corrected chi connectivity index (χ0v) is 12.4. The largest absolute Gasteiger partial charge is 0.392 e. The average Bonchev–Trinajstić information content (AvgIpc) is 2.66. The highest BCUT2D eigenvalue weighted by Gasteiger charge is 2.48. The number of rotatable bonds is 4. The number of aliphatic hydroxyl groups excluding tert-OH is 1. The molecule has 2 aliphatic rings. The van der Waals surface area contributed by atoms with Crippen LogP contribution in [0.1, 0.15) is 25.7 Å². The van der Waals surface area contributed by atoms with Gasteiger partial charge in [-0.15, -0.1) is 0 Å². The predicted molar refractivity (Wildman–Crippen MR) is 71.8 cm³/mol. The molecule has 0 bridgehead atoms. The molecule has 0 aromatic rings. The van der Waals surface area contributed by atoms with Crippen LogP contribution in [0.4, 0.5) is 0 Å². The number of ether oxygens (including phenoxy) is 1. The monoisotopic (exact) mass is 292 g/mol. The fourth-order valence-electron chi connectivity index (χ4n) is 3.16. The Hall–Kier alpha value is -0.210. The third-order valence-electron chi connectivity index (χ3n) is 4.58. The zero-order valence-electron chi connectivity index (χ0n) is 11.6. The van der Waals surface area contributed by atoms with E-state index in [4.69, 9.17) is 4.74 Å². The highest BCUT2D eigenvalue weighted by atomic mass is 32.2. The van der Waals surface area contributed by atoms with E-state index in [1.165, 1.54) is 14.1 Å². The molecular formula is C12H24N2O4S. The molecule has 0 unspecified atom stereocenters. The van der Waals surface area contributed by atoms with E-state index in [1.807, 2.05) is 0 Å². The first kappa shape index (κ1) is 15.2. The van der Waals surface area contributed by atoms with Crippen LogP contribution in [0.2, 0.25) is 0 Å². The molecule has 7 heteroatoms. The third kappa shape index (κ3) is 3.11. The van der Waals surface area contributed by atoms with Crippen LogP contribution in [0.3, 0.4) is 0 Å². The summed E-state index contributed by atoms with van der Waals surface area (Å²) in [5, 5.41) is 10.5. The molecule has 2 N–H and O–H groups in total. The van der Waals surface area contributed by atoms with Gasteiger partial charge in [0.05, 0.1) is 6.10 Å². The van der Waals surface area contributed by atoms with Gasteiger partial charge in [0.2, 0.25) is 0 Å². The zero-order chi connectivity index (χ0) is 14.1. The second-order valence-corrected chi connectivity index (χ2v) is 7.82. The van der Waals surface area contributed by atoms with Crippen LogP contribution in [0.25, 0.3) is 0 Å². The van der Waals surface area contributed by atoms with Crippen LogP contribution in [0, 0.1) is 11.3 Å². The van der Waals surface area contributed by atoms with Crippen molar-refractivity contribution >= 4 is 10.2 Å². The predicted octanol–water partition coefficient (Wildman–Crippen LogP) is -0.0499. The third-order valence-corrected chi connectivity index (χ3v) is 6.08. The van der Waals surface area contributed by atoms with E-state index >= 15 is 0 Å². The van der Waals surface area contributed by atoms with Gasteiger partial charge in [-0.2, -0.15) is 12.7 Å². The van der Waals surface area contributed by atoms with Gasteiger partial charge in [-0.25, -0.2) is 4.72 Å². The quantitative estimate of drug-likeness (QED) is 0.761. The van der Waals surface area contributed by atoms with Crippen LogP contribution in [-0.2, 0) is 14.9 Å². The van der Waals surface area contributed by atoms with Crippen LogP contribution in [0.15, 0.2) is 0 Å². The number of nitrogens with zero attached hydrogens (tertiary/aromatic N) is 1. The minimum Gasteiger partial charge on any atom is -0.392 e. The first-order valence-corrected chi connectivity index (χ1v) is 8.24. The van der Waals surface area contributed by atoms with Gasteiger partial charge in [0.25, 0.3) is 10.2 Å². The molecule has 0 radical (unpaired) electrons. The minimum absolute atomic E-state index is 0.00725. The summed E-state index contributed by atoms with van der Waals surface area (Å²) in [7, 11) is -0.417. The van der Waals surface area contributed by atoms with E-state index in [2.05, 4.69) is 4.72 Å². The smallest absolute Gasteiger partial charge is 0.278 e. The highest BCUT2D eigenvalue weighted by molar-refractivity contribution is 7.87. The molecule has 0 aromatic carbocycles. The lowest BCUT2D eigenvalue weighted by atomic mass is 9.76. The molecule has 1 saturated heterocycles. The molecule has 1 heterocycles. The maximum Gasteiger partial charge on any atom is 0.278 e. The number of hydrogen-bond acceptors (Lipinski definition) is 4. The van der Waals surface area contributed by atoms with Crippen molar-refractivity contribution in [2.45, 2.75) is 31.8 Å². The van der Waals surface area contributed by atoms with Gasteiger partial charge in [0, 0.05) is 39.3 Å². The fraction of sp³-hybridized carbons (Fsp3) is 1.00. The summed E-state index contributed by atoms with van der Waals surface area (Å²) in [5.41, 5.74) is -0.0491. The maximum atomic E-state index is 11.7. The van der Waals surface area contributed by atoms with E-state index in [9.17, 15) is 13.5 Å². The fourth-order valence-corrected chi connectivity index (χ4v) is 3.84. The SMILES string of the molecule is CN(C)S(=O)(=O)NC[C@H]1CCC2(CCOCC2)[C@@H]1O. The summed E-state index contributed by atoms with van der Waals surface area (Å²) in [6, 6.07) is 0. The van der Waals surface area contributed by atoms with Crippen molar-refractivity contribution in [3.63, 3.8) is 0 Å². The van der Waals surface area contributed by atoms with Gasteiger partial charge in [0.15, 0.2) is 0 Å². The lowest BCUT2D eigenvalue weighted by molar-refractivity contribution is -0.0552. The Morgan fingerprint density at radius 2 is 1.95 bits per heavy atom. The Kier molecular flexibility index (Phi) is 4.52. The molecule has 1 aliphatic carbocycles. The Morgan fingerprint density at radius 3 is 2.53 bits per heavy atom. The highest BCUT2D eigenvalue weighted by Crippen LogP contribution is 2.48. The summed E-state index contributed by atoms with van der Waals surface area (Å²) < 4.78 is 32.4. The molecule has 2 fully saturated rings. The van der Waals surface area contributed by atoms with Crippen molar-refractivity contribution in [2.75, 3.05) is 33.9 Å². The van der Waals surface area contributed by atoms with Crippen LogP contribution >= 0.6 is 0 Å². The average molecular weight is 292 g/mol. The first-order chi connectivity index (χ1) is 8.87. The molecule has 2 rings (SSSR count). The molecule has 112 valence electrons. The molecule has 1 aliphatic heterocycles. The van der Waals surface area contributed by atoms with Crippen molar-refractivity contribution in [1.29, 1.82) is 0 Å². The number of hydrogen-bond donors (Lipinski definition) is 2. The standard InChI is InChI=1S/C12H24N2O4S/c1-14(2)19(16,17)13-9-10-3-4-12(11(10)15)5-7-18-8-6-12/h10-11,13,15H,3-9H2,1-2H3/t10-,11-/m1/s1. The minimum atomic E-state index is -3.40. The van der Waals surface area contributed by atoms with Gasteiger partial charge in [-0.1, -0.05) is 0 Å². The normalized spacial score (nSPS) is 31.2. The van der Waals surface area contributed by atoms with Crippen LogP contribution in [0.5, 0.6) is 0 Å². The molecule has 0 aromatic heterocycles. The van der Waals surface area contributed by atoms with Gasteiger partial charge in [-0.05, 0) is 31.6 Å². The van der Waals surface area contributed by atoms with Gasteiger partial charge >= 0.3 is 0 Å². The van der Waals surface area contributed by atoms with E-state index < -0.39 is 16.3 Å². The molecule has 1 saturated carbocycles. The van der Waals surface area contributed by atoms with Gasteiger partial charge in [0.1, 0.15) is 0 Å². The van der Waals surface area contributed by atoms with Crippen molar-refractivity contribution in [1.82, 2.24) is 9.03 Å². The lowest BCUT2D eigenvalue weighted by Gasteiger charge is -2.37. The van der Waals surface area contributed by atoms with E-state index in [1.54, 1.807) is 0 Å². The van der Waals surface area contributed by atoms with E-state index in [0.717, 1.165) is 30.0 Å². The first-order valence-electron chi connectivity index (χ1n) is 6.80. The van der Waals surface area contributed by atoms with Crippen molar-refractivity contribution < 1.29 is 18.3 Å². The van der Waals surface area contributed by atoms with Gasteiger partial charge < -0.3 is 9.84 Å². The van der Waals surface area contributed by atoms with E-state index in [-0.39, 0.29) is 11.3 Å². The summed E-state index contributed by atoms with van der Waals surface area (Å²) in [5.74, 6) is 0.00725. The Morgan fingerprint density at radius 1 is 1.32 bits per heavy atom. The Labute approximate surface area is 115 Å². The summed E-state index contributed by atoms with van der Waals surface area (Å²) in [4.78, 5) is 0. The molecule has 0 amide bonds. The van der Waals surface area contributed by atoms with E-state index in [0.29, 0.717) is 19.8 Å². The van der Waals surface area contributed by atoms with Gasteiger partial charge in [-0.3, -0.25) is 0 Å². The molecule has 19 heavy (non-hydrogen) atoms. The molecule has 6 nitrogen and oxygen atoms in total. The lowest BCUT2D eigenvalue weighted by Crippen LogP contribution is -2.43. The summed E-state index contributed by atoms with van der Waals surface area (Å²) >= 11 is 0. The summed E-state index contributed by atoms with van der Waals surface area (Å²) in [6.45, 7) is 1.71. The number of nitrogens with one attached hydrogen (secondary N) is 1. The van der Waals surface area contributed by atoms with Crippen molar-refractivity contribution in [3.05, 3.63) is 0 Å². The summed E-state index contributed by atoms with van der Waals surface area (Å²) in [6.07, 6.45) is 3.17. The molecule has 1 spiro atoms. The Bertz CT molecular complexity index is 404. The van der Waals surface area contributed by atoms with Crippen molar-refractivity contribution in [2.24, 2.45) is 11.3 Å². The molecule has 2 atom stereocenters.